The van der Waals surface area contributed by atoms with E-state index < -0.39 is 5.25 Å². The van der Waals surface area contributed by atoms with Crippen LogP contribution < -0.4 is 10.9 Å². The number of hydrogen-bond donors (Lipinski definition) is 1. The number of benzene rings is 1. The Morgan fingerprint density at radius 3 is 2.70 bits per heavy atom. The van der Waals surface area contributed by atoms with Gasteiger partial charge in [0.15, 0.2) is 0 Å². The van der Waals surface area contributed by atoms with Crippen molar-refractivity contribution in [3.05, 3.63) is 62.6 Å². The number of fused-ring (bicyclic) bond motifs is 3. The molecule has 0 bridgehead atoms. The van der Waals surface area contributed by atoms with Crippen LogP contribution in [0, 0.1) is 13.8 Å². The zero-order valence-electron chi connectivity index (χ0n) is 19.0. The van der Waals surface area contributed by atoms with E-state index in [-0.39, 0.29) is 11.5 Å². The number of anilines is 1. The number of thioether (sulfide) groups is 1. The molecule has 0 unspecified atom stereocenters. The summed E-state index contributed by atoms with van der Waals surface area (Å²) in [6.07, 6.45) is 3.29. The van der Waals surface area contributed by atoms with Crippen LogP contribution in [0.1, 0.15) is 35.3 Å². The summed E-state index contributed by atoms with van der Waals surface area (Å²) in [5.74, 6) is 0.490. The molecule has 0 saturated heterocycles. The van der Waals surface area contributed by atoms with Crippen LogP contribution in [0.5, 0.6) is 0 Å². The maximum absolute atomic E-state index is 13.1. The Hall–Kier alpha value is -2.91. The van der Waals surface area contributed by atoms with Crippen molar-refractivity contribution in [2.45, 2.75) is 50.3 Å². The molecule has 0 radical (unpaired) electrons. The summed E-state index contributed by atoms with van der Waals surface area (Å²) < 4.78 is 3.33. The van der Waals surface area contributed by atoms with E-state index in [1.807, 2.05) is 58.2 Å². The van der Waals surface area contributed by atoms with E-state index in [9.17, 15) is 9.59 Å². The van der Waals surface area contributed by atoms with E-state index in [2.05, 4.69) is 15.3 Å². The highest BCUT2D eigenvalue weighted by molar-refractivity contribution is 8.00. The third-order valence-electron chi connectivity index (χ3n) is 6.10. The number of para-hydroxylation sites is 1. The molecule has 9 heteroatoms. The summed E-state index contributed by atoms with van der Waals surface area (Å²) in [6, 6.07) is 9.40. The summed E-state index contributed by atoms with van der Waals surface area (Å²) in [5, 5.41) is 4.41. The first-order chi connectivity index (χ1) is 15.8. The molecule has 0 fully saturated rings. The van der Waals surface area contributed by atoms with Crippen molar-refractivity contribution in [2.75, 3.05) is 5.32 Å². The summed E-state index contributed by atoms with van der Waals surface area (Å²) in [6.45, 7) is 5.57. The first-order valence-electron chi connectivity index (χ1n) is 11.0. The molecular formula is C24H25N5O2S2. The summed E-state index contributed by atoms with van der Waals surface area (Å²) in [4.78, 5) is 38.0. The van der Waals surface area contributed by atoms with Crippen LogP contribution in [0.4, 0.5) is 5.69 Å². The molecule has 33 heavy (non-hydrogen) atoms. The SMILES string of the molecule is Cc1nc(S[C@@H](C)C(=O)Nc2c(C)n(C)n(-c3ccccc3)c2=O)c2c3c(sc2n1)CCC3. The number of thiophene rings is 1. The van der Waals surface area contributed by atoms with Crippen LogP contribution in [-0.4, -0.2) is 30.5 Å². The number of amides is 1. The fourth-order valence-corrected chi connectivity index (χ4v) is 6.70. The molecule has 0 saturated carbocycles. The lowest BCUT2D eigenvalue weighted by molar-refractivity contribution is -0.115. The highest BCUT2D eigenvalue weighted by atomic mass is 32.2. The molecule has 1 amide bonds. The van der Waals surface area contributed by atoms with Crippen LogP contribution in [0.15, 0.2) is 40.2 Å². The number of aryl methyl sites for hydroxylation is 3. The van der Waals surface area contributed by atoms with Gasteiger partial charge in [0.2, 0.25) is 5.91 Å². The van der Waals surface area contributed by atoms with Crippen molar-refractivity contribution in [2.24, 2.45) is 7.05 Å². The van der Waals surface area contributed by atoms with Gasteiger partial charge in [-0.15, -0.1) is 11.3 Å². The molecule has 1 N–H and O–H groups in total. The summed E-state index contributed by atoms with van der Waals surface area (Å²) in [5.41, 5.74) is 2.85. The molecular weight excluding hydrogens is 454 g/mol. The number of rotatable bonds is 5. The van der Waals surface area contributed by atoms with Crippen molar-refractivity contribution >= 4 is 44.9 Å². The molecule has 4 aromatic rings. The Kier molecular flexibility index (Phi) is 5.62. The molecule has 0 spiro atoms. The van der Waals surface area contributed by atoms with Gasteiger partial charge >= 0.3 is 0 Å². The Balaban J connectivity index is 1.43. The standard InChI is InChI=1S/C24H25N5O2S2/c1-13-20(24(31)29(28(13)4)16-9-6-5-7-10-16)27-21(30)14(2)32-22-19-17-11-8-12-18(17)33-23(19)26-15(3)25-22/h5-7,9-10,14H,8,11-12H2,1-4H3,(H,27,30)/t14-/m0/s1. The Bertz CT molecular complexity index is 1440. The van der Waals surface area contributed by atoms with Gasteiger partial charge in [-0.2, -0.15) is 0 Å². The second kappa shape index (κ2) is 8.46. The Labute approximate surface area is 199 Å². The van der Waals surface area contributed by atoms with E-state index in [4.69, 9.17) is 0 Å². The predicted molar refractivity (Wildman–Crippen MR) is 134 cm³/mol. The average molecular weight is 480 g/mol. The smallest absolute Gasteiger partial charge is 0.295 e. The summed E-state index contributed by atoms with van der Waals surface area (Å²) >= 11 is 3.18. The van der Waals surface area contributed by atoms with Gasteiger partial charge in [0, 0.05) is 17.3 Å². The first-order valence-corrected chi connectivity index (χ1v) is 12.6. The third-order valence-corrected chi connectivity index (χ3v) is 8.38. The maximum Gasteiger partial charge on any atom is 0.295 e. The van der Waals surface area contributed by atoms with Gasteiger partial charge in [0.1, 0.15) is 21.4 Å². The number of nitrogens with one attached hydrogen (secondary N) is 1. The van der Waals surface area contributed by atoms with E-state index >= 15 is 0 Å². The third kappa shape index (κ3) is 3.79. The molecule has 0 aliphatic heterocycles. The number of carbonyl (C=O) groups excluding carboxylic acids is 1. The largest absolute Gasteiger partial charge is 0.319 e. The topological polar surface area (TPSA) is 81.8 Å². The lowest BCUT2D eigenvalue weighted by Crippen LogP contribution is -2.27. The Morgan fingerprint density at radius 1 is 1.18 bits per heavy atom. The minimum Gasteiger partial charge on any atom is -0.319 e. The molecule has 1 aliphatic carbocycles. The first kappa shape index (κ1) is 21.9. The maximum atomic E-state index is 13.1. The van der Waals surface area contributed by atoms with Gasteiger partial charge in [0.25, 0.3) is 5.56 Å². The minimum absolute atomic E-state index is 0.220. The Morgan fingerprint density at radius 2 is 1.94 bits per heavy atom. The van der Waals surface area contributed by atoms with Crippen molar-refractivity contribution in [3.63, 3.8) is 0 Å². The normalized spacial score (nSPS) is 13.9. The fourth-order valence-electron chi connectivity index (χ4n) is 4.31. The van der Waals surface area contributed by atoms with Crippen molar-refractivity contribution in [1.82, 2.24) is 19.3 Å². The average Bonchev–Trinajstić information content (AvgIpc) is 3.43. The van der Waals surface area contributed by atoms with Crippen LogP contribution in [0.2, 0.25) is 0 Å². The van der Waals surface area contributed by atoms with Gasteiger partial charge in [-0.25, -0.2) is 14.6 Å². The zero-order valence-corrected chi connectivity index (χ0v) is 20.6. The minimum atomic E-state index is -0.427. The van der Waals surface area contributed by atoms with Gasteiger partial charge in [-0.05, 0) is 57.7 Å². The van der Waals surface area contributed by atoms with Crippen LogP contribution in [0.25, 0.3) is 15.9 Å². The number of hydrogen-bond acceptors (Lipinski definition) is 6. The van der Waals surface area contributed by atoms with Gasteiger partial charge in [-0.3, -0.25) is 14.3 Å². The van der Waals surface area contributed by atoms with Crippen molar-refractivity contribution in [3.8, 4) is 5.69 Å². The summed E-state index contributed by atoms with van der Waals surface area (Å²) in [7, 11) is 1.81. The van der Waals surface area contributed by atoms with Gasteiger partial charge < -0.3 is 5.32 Å². The van der Waals surface area contributed by atoms with Crippen molar-refractivity contribution < 1.29 is 4.79 Å². The van der Waals surface area contributed by atoms with Crippen LogP contribution >= 0.6 is 23.1 Å². The second-order valence-electron chi connectivity index (χ2n) is 8.30. The molecule has 7 nitrogen and oxygen atoms in total. The second-order valence-corrected chi connectivity index (χ2v) is 10.7. The monoisotopic (exact) mass is 479 g/mol. The molecule has 3 aromatic heterocycles. The number of carbonyl (C=O) groups is 1. The highest BCUT2D eigenvalue weighted by Crippen LogP contribution is 2.41. The molecule has 1 aliphatic rings. The molecule has 1 aromatic carbocycles. The molecule has 1 atom stereocenters. The van der Waals surface area contributed by atoms with Crippen LogP contribution in [-0.2, 0) is 24.7 Å². The quantitative estimate of drug-likeness (QED) is 0.339. The fraction of sp³-hybridized carbons (Fsp3) is 0.333. The van der Waals surface area contributed by atoms with Gasteiger partial charge in [-0.1, -0.05) is 30.0 Å². The van der Waals surface area contributed by atoms with Crippen molar-refractivity contribution in [1.29, 1.82) is 0 Å². The van der Waals surface area contributed by atoms with Crippen LogP contribution in [0.3, 0.4) is 0 Å². The lowest BCUT2D eigenvalue weighted by Gasteiger charge is -2.12. The highest BCUT2D eigenvalue weighted by Gasteiger charge is 2.26. The van der Waals surface area contributed by atoms with E-state index in [0.29, 0.717) is 17.2 Å². The predicted octanol–water partition coefficient (Wildman–Crippen LogP) is 4.41. The van der Waals surface area contributed by atoms with Gasteiger partial charge in [0.05, 0.1) is 16.6 Å². The number of nitrogens with zero attached hydrogens (tertiary/aromatic N) is 4. The molecule has 3 heterocycles. The van der Waals surface area contributed by atoms with E-state index in [0.717, 1.165) is 40.2 Å². The number of aromatic nitrogens is 4. The molecule has 170 valence electrons. The van der Waals surface area contributed by atoms with E-state index in [1.165, 1.54) is 22.2 Å². The molecule has 5 rings (SSSR count). The lowest BCUT2D eigenvalue weighted by atomic mass is 10.2. The van der Waals surface area contributed by atoms with E-state index in [1.54, 1.807) is 20.7 Å². The zero-order chi connectivity index (χ0) is 23.3.